The van der Waals surface area contributed by atoms with Crippen LogP contribution in [0.2, 0.25) is 0 Å². The van der Waals surface area contributed by atoms with Crippen molar-refractivity contribution in [3.63, 3.8) is 0 Å². The summed E-state index contributed by atoms with van der Waals surface area (Å²) in [4.78, 5) is 12.6. The first-order valence-corrected chi connectivity index (χ1v) is 10.5. The number of anilines is 1. The number of carbonyl (C=O) groups is 1. The van der Waals surface area contributed by atoms with E-state index in [4.69, 9.17) is 9.47 Å². The predicted molar refractivity (Wildman–Crippen MR) is 123 cm³/mol. The molecule has 3 N–H and O–H groups in total. The molecule has 0 fully saturated rings. The molecule has 0 saturated heterocycles. The van der Waals surface area contributed by atoms with Crippen LogP contribution in [0.25, 0.3) is 0 Å². The second-order valence-electron chi connectivity index (χ2n) is 6.50. The highest BCUT2D eigenvalue weighted by Gasteiger charge is 2.31. The Hall–Kier alpha value is -2.78. The molecule has 6 nitrogen and oxygen atoms in total. The number of carbonyl (C=O) groups excluding carboxylic acids is 1. The Bertz CT molecular complexity index is 952. The van der Waals surface area contributed by atoms with E-state index in [-0.39, 0.29) is 18.8 Å². The third kappa shape index (κ3) is 6.11. The summed E-state index contributed by atoms with van der Waals surface area (Å²) in [6.45, 7) is -0.178. The molecule has 1 amide bonds. The van der Waals surface area contributed by atoms with Crippen LogP contribution in [0, 0.1) is 3.57 Å². The standard InChI is InChI=1S/C23H22INO5/c24-16-11-12-20(27)19(15-16)22(30-23(28)25-17-7-3-1-4-8-17)21(13-14-26)29-18-9-5-2-6-10-18/h1-12,15,21-22,26-27H,13-14H2,(H,25,28)/t21-,22-/m1/s1. The van der Waals surface area contributed by atoms with Gasteiger partial charge in [-0.25, -0.2) is 4.79 Å². The first kappa shape index (κ1) is 21.9. The van der Waals surface area contributed by atoms with Gasteiger partial charge in [-0.05, 0) is 65.1 Å². The molecule has 0 aliphatic rings. The molecule has 30 heavy (non-hydrogen) atoms. The van der Waals surface area contributed by atoms with Crippen molar-refractivity contribution in [3.8, 4) is 11.5 Å². The van der Waals surface area contributed by atoms with Crippen molar-refractivity contribution < 1.29 is 24.5 Å². The first-order valence-electron chi connectivity index (χ1n) is 9.40. The van der Waals surface area contributed by atoms with Gasteiger partial charge in [0.25, 0.3) is 0 Å². The first-order chi connectivity index (χ1) is 14.6. The lowest BCUT2D eigenvalue weighted by atomic mass is 10.0. The highest BCUT2D eigenvalue weighted by molar-refractivity contribution is 14.1. The van der Waals surface area contributed by atoms with Crippen molar-refractivity contribution in [1.29, 1.82) is 0 Å². The molecular formula is C23H22INO5. The molecule has 0 aliphatic heterocycles. The zero-order valence-corrected chi connectivity index (χ0v) is 18.2. The monoisotopic (exact) mass is 519 g/mol. The number of aromatic hydroxyl groups is 1. The molecule has 3 rings (SSSR count). The number of rotatable bonds is 8. The van der Waals surface area contributed by atoms with Crippen molar-refractivity contribution in [1.82, 2.24) is 0 Å². The molecule has 0 spiro atoms. The molecule has 0 aromatic heterocycles. The van der Waals surface area contributed by atoms with Crippen LogP contribution in [0.4, 0.5) is 10.5 Å². The number of amides is 1. The normalized spacial score (nSPS) is 12.6. The van der Waals surface area contributed by atoms with Crippen molar-refractivity contribution in [3.05, 3.63) is 88.0 Å². The fourth-order valence-electron chi connectivity index (χ4n) is 2.95. The van der Waals surface area contributed by atoms with E-state index in [1.807, 2.05) is 24.3 Å². The Balaban J connectivity index is 1.90. The summed E-state index contributed by atoms with van der Waals surface area (Å²) in [6.07, 6.45) is -2.16. The minimum absolute atomic E-state index is 0.0208. The molecule has 156 valence electrons. The van der Waals surface area contributed by atoms with Crippen molar-refractivity contribution in [2.75, 3.05) is 11.9 Å². The maximum Gasteiger partial charge on any atom is 0.412 e. The Morgan fingerprint density at radius 1 is 1.00 bits per heavy atom. The van der Waals surface area contributed by atoms with Gasteiger partial charge in [-0.1, -0.05) is 36.4 Å². The Kier molecular flexibility index (Phi) is 7.92. The van der Waals surface area contributed by atoms with Crippen LogP contribution in [0.1, 0.15) is 18.1 Å². The number of ether oxygens (including phenoxy) is 2. The number of hydrogen-bond acceptors (Lipinski definition) is 5. The largest absolute Gasteiger partial charge is 0.508 e. The van der Waals surface area contributed by atoms with E-state index in [0.717, 1.165) is 3.57 Å². The molecule has 3 aromatic rings. The highest BCUT2D eigenvalue weighted by Crippen LogP contribution is 2.34. The average Bonchev–Trinajstić information content (AvgIpc) is 2.75. The van der Waals surface area contributed by atoms with Crippen LogP contribution in [0.3, 0.4) is 0 Å². The number of phenols is 1. The van der Waals surface area contributed by atoms with E-state index in [9.17, 15) is 15.0 Å². The lowest BCUT2D eigenvalue weighted by Crippen LogP contribution is -2.32. The fourth-order valence-corrected chi connectivity index (χ4v) is 3.47. The van der Waals surface area contributed by atoms with Crippen molar-refractivity contribution in [2.24, 2.45) is 0 Å². The zero-order valence-electron chi connectivity index (χ0n) is 16.1. The summed E-state index contributed by atoms with van der Waals surface area (Å²) < 4.78 is 12.6. The minimum atomic E-state index is -0.948. The number of nitrogens with one attached hydrogen (secondary N) is 1. The molecule has 0 bridgehead atoms. The van der Waals surface area contributed by atoms with E-state index in [2.05, 4.69) is 27.9 Å². The lowest BCUT2D eigenvalue weighted by molar-refractivity contribution is 0.00796. The molecule has 0 aliphatic carbocycles. The number of halogens is 1. The second kappa shape index (κ2) is 10.8. The smallest absolute Gasteiger partial charge is 0.412 e. The summed E-state index contributed by atoms with van der Waals surface area (Å²) in [6, 6.07) is 23.0. The lowest BCUT2D eigenvalue weighted by Gasteiger charge is -2.28. The molecule has 7 heteroatoms. The summed E-state index contributed by atoms with van der Waals surface area (Å²) in [5.41, 5.74) is 0.982. The van der Waals surface area contributed by atoms with Gasteiger partial charge in [0.2, 0.25) is 0 Å². The number of phenolic OH excluding ortho intramolecular Hbond substituents is 1. The number of benzene rings is 3. The van der Waals surface area contributed by atoms with E-state index in [1.54, 1.807) is 54.6 Å². The van der Waals surface area contributed by atoms with Crippen LogP contribution in [0.5, 0.6) is 11.5 Å². The van der Waals surface area contributed by atoms with Crippen LogP contribution in [-0.4, -0.2) is 29.0 Å². The third-order valence-corrected chi connectivity index (χ3v) is 5.00. The van der Waals surface area contributed by atoms with Gasteiger partial charge in [0, 0.05) is 27.8 Å². The molecule has 2 atom stereocenters. The summed E-state index contributed by atoms with van der Waals surface area (Å²) in [5.74, 6) is 0.547. The van der Waals surface area contributed by atoms with Gasteiger partial charge in [0.15, 0.2) is 6.10 Å². The average molecular weight is 519 g/mol. The van der Waals surface area contributed by atoms with Crippen molar-refractivity contribution in [2.45, 2.75) is 18.6 Å². The molecular weight excluding hydrogens is 497 g/mol. The quantitative estimate of drug-likeness (QED) is 0.360. The summed E-state index contributed by atoms with van der Waals surface area (Å²) >= 11 is 2.12. The van der Waals surface area contributed by atoms with Crippen molar-refractivity contribution >= 4 is 34.4 Å². The Morgan fingerprint density at radius 3 is 2.33 bits per heavy atom. The molecule has 0 radical (unpaired) electrons. The summed E-state index contributed by atoms with van der Waals surface area (Å²) in [5, 5.41) is 22.7. The third-order valence-electron chi connectivity index (χ3n) is 4.33. The number of aliphatic hydroxyl groups is 1. The molecule has 0 unspecified atom stereocenters. The molecule has 0 saturated carbocycles. The maximum atomic E-state index is 12.6. The van der Waals surface area contributed by atoms with Crippen LogP contribution < -0.4 is 10.1 Å². The van der Waals surface area contributed by atoms with E-state index < -0.39 is 18.3 Å². The summed E-state index contributed by atoms with van der Waals surface area (Å²) in [7, 11) is 0. The van der Waals surface area contributed by atoms with Crippen LogP contribution in [-0.2, 0) is 4.74 Å². The van der Waals surface area contributed by atoms with Gasteiger partial charge >= 0.3 is 6.09 Å². The van der Waals surface area contributed by atoms with Crippen LogP contribution in [0.15, 0.2) is 78.9 Å². The van der Waals surface area contributed by atoms with Gasteiger partial charge in [-0.3, -0.25) is 5.32 Å². The van der Waals surface area contributed by atoms with Gasteiger partial charge in [-0.15, -0.1) is 0 Å². The van der Waals surface area contributed by atoms with Gasteiger partial charge in [0.1, 0.15) is 17.6 Å². The number of hydrogen-bond donors (Lipinski definition) is 3. The minimum Gasteiger partial charge on any atom is -0.508 e. The van der Waals surface area contributed by atoms with Gasteiger partial charge < -0.3 is 19.7 Å². The highest BCUT2D eigenvalue weighted by atomic mass is 127. The Labute approximate surface area is 188 Å². The second-order valence-corrected chi connectivity index (χ2v) is 7.75. The van der Waals surface area contributed by atoms with Gasteiger partial charge in [-0.2, -0.15) is 0 Å². The van der Waals surface area contributed by atoms with Gasteiger partial charge in [0.05, 0.1) is 0 Å². The Morgan fingerprint density at radius 2 is 1.67 bits per heavy atom. The number of aliphatic hydroxyl groups excluding tert-OH is 1. The molecule has 3 aromatic carbocycles. The maximum absolute atomic E-state index is 12.6. The number of para-hydroxylation sites is 2. The molecule has 0 heterocycles. The van der Waals surface area contributed by atoms with E-state index in [1.165, 1.54) is 0 Å². The van der Waals surface area contributed by atoms with E-state index >= 15 is 0 Å². The van der Waals surface area contributed by atoms with E-state index in [0.29, 0.717) is 17.0 Å². The topological polar surface area (TPSA) is 88.0 Å². The predicted octanol–water partition coefficient (Wildman–Crippen LogP) is 5.12. The zero-order chi connectivity index (χ0) is 21.3. The van der Waals surface area contributed by atoms with Crippen LogP contribution >= 0.6 is 22.6 Å². The fraction of sp³-hybridized carbons (Fsp3) is 0.174. The SMILES string of the molecule is O=C(Nc1ccccc1)O[C@H](c1cc(I)ccc1O)[C@@H](CCO)Oc1ccccc1.